The van der Waals surface area contributed by atoms with E-state index in [1.807, 2.05) is 13.0 Å². The van der Waals surface area contributed by atoms with Gasteiger partial charge in [0.25, 0.3) is 0 Å². The van der Waals surface area contributed by atoms with E-state index in [0.29, 0.717) is 13.0 Å². The van der Waals surface area contributed by atoms with Gasteiger partial charge in [-0.1, -0.05) is 55.5 Å². The van der Waals surface area contributed by atoms with Crippen LogP contribution in [0.3, 0.4) is 0 Å². The molecule has 35 heavy (non-hydrogen) atoms. The number of nitrogens with one attached hydrogen (secondary N) is 1. The maximum Gasteiger partial charge on any atom is 0.207 e. The van der Waals surface area contributed by atoms with Gasteiger partial charge in [-0.05, 0) is 73.1 Å². The molecule has 0 radical (unpaired) electrons. The molecule has 0 saturated carbocycles. The van der Waals surface area contributed by atoms with Gasteiger partial charge in [-0.15, -0.1) is 0 Å². The van der Waals surface area contributed by atoms with Crippen LogP contribution < -0.4 is 10.2 Å². The lowest BCUT2D eigenvalue weighted by molar-refractivity contribution is -0.109. The van der Waals surface area contributed by atoms with Gasteiger partial charge in [-0.2, -0.15) is 5.26 Å². The van der Waals surface area contributed by atoms with Crippen molar-refractivity contribution >= 4 is 17.7 Å². The van der Waals surface area contributed by atoms with Crippen LogP contribution in [-0.4, -0.2) is 38.3 Å². The van der Waals surface area contributed by atoms with E-state index < -0.39 is 5.41 Å². The Morgan fingerprint density at radius 2 is 1.86 bits per heavy atom. The van der Waals surface area contributed by atoms with Crippen LogP contribution in [-0.2, 0) is 9.53 Å². The number of hydrogen-bond donors (Lipinski definition) is 1. The van der Waals surface area contributed by atoms with Gasteiger partial charge in [0.15, 0.2) is 0 Å². The fraction of sp³-hybridized carbons (Fsp3) is 0.400. The second-order valence-corrected chi connectivity index (χ2v) is 10.1. The monoisotopic (exact) mass is 469 g/mol. The van der Waals surface area contributed by atoms with Crippen molar-refractivity contribution in [3.63, 3.8) is 0 Å². The maximum absolute atomic E-state index is 11.0. The Labute approximate surface area is 209 Å². The molecule has 4 rings (SSSR count). The molecule has 4 unspecified atom stereocenters. The largest absolute Gasteiger partial charge is 0.372 e. The quantitative estimate of drug-likeness (QED) is 0.529. The number of benzene rings is 2. The summed E-state index contributed by atoms with van der Waals surface area (Å²) in [4.78, 5) is 13.4. The first-order valence-corrected chi connectivity index (χ1v) is 12.5. The van der Waals surface area contributed by atoms with Gasteiger partial charge in [0.1, 0.15) is 0 Å². The van der Waals surface area contributed by atoms with Crippen molar-refractivity contribution in [3.8, 4) is 17.2 Å². The van der Waals surface area contributed by atoms with Crippen molar-refractivity contribution in [1.29, 1.82) is 5.26 Å². The lowest BCUT2D eigenvalue weighted by Crippen LogP contribution is -2.45. The number of anilines is 1. The second kappa shape index (κ2) is 10.5. The highest BCUT2D eigenvalue weighted by Crippen LogP contribution is 2.39. The van der Waals surface area contributed by atoms with Crippen molar-refractivity contribution in [3.05, 3.63) is 71.8 Å². The third-order valence-corrected chi connectivity index (χ3v) is 7.01. The minimum Gasteiger partial charge on any atom is -0.372 e. The van der Waals surface area contributed by atoms with Gasteiger partial charge < -0.3 is 15.0 Å². The van der Waals surface area contributed by atoms with E-state index in [4.69, 9.17) is 4.74 Å². The Bertz CT molecular complexity index is 1150. The Hall–Kier alpha value is -3.36. The fourth-order valence-corrected chi connectivity index (χ4v) is 5.18. The molecule has 0 spiro atoms. The maximum atomic E-state index is 11.0. The first-order chi connectivity index (χ1) is 16.8. The van der Waals surface area contributed by atoms with E-state index in [2.05, 4.69) is 91.7 Å². The smallest absolute Gasteiger partial charge is 0.207 e. The summed E-state index contributed by atoms with van der Waals surface area (Å²) >= 11 is 0. The molecule has 1 aliphatic heterocycles. The molecule has 2 aromatic rings. The molecule has 2 aromatic carbocycles. The van der Waals surface area contributed by atoms with Crippen LogP contribution in [0.2, 0.25) is 0 Å². The minimum absolute atomic E-state index is 0.116. The first-order valence-electron chi connectivity index (χ1n) is 12.5. The summed E-state index contributed by atoms with van der Waals surface area (Å²) in [5.74, 6) is 0.116. The average Bonchev–Trinajstić information content (AvgIpc) is 2.87. The zero-order valence-electron chi connectivity index (χ0n) is 21.1. The standard InChI is InChI=1S/C30H35N3O2/c1-21(16-32-20-34)29-27(6-5-7-28(29)25-12-14-30(4,19-31)15-13-25)24-8-10-26(11-9-24)33-17-22(2)35-23(3)18-33/h5-14,20-23H,15-18H2,1-4H3,(H,32,34). The highest BCUT2D eigenvalue weighted by atomic mass is 16.5. The molecule has 5 heteroatoms. The number of amides is 1. The summed E-state index contributed by atoms with van der Waals surface area (Å²) in [5, 5.41) is 12.4. The van der Waals surface area contributed by atoms with E-state index in [0.717, 1.165) is 36.2 Å². The molecule has 5 nitrogen and oxygen atoms in total. The van der Waals surface area contributed by atoms with E-state index in [1.54, 1.807) is 0 Å². The van der Waals surface area contributed by atoms with Crippen LogP contribution in [0.5, 0.6) is 0 Å². The van der Waals surface area contributed by atoms with E-state index >= 15 is 0 Å². The molecular formula is C30H35N3O2. The van der Waals surface area contributed by atoms with Crippen molar-refractivity contribution < 1.29 is 9.53 Å². The van der Waals surface area contributed by atoms with Gasteiger partial charge in [-0.3, -0.25) is 4.79 Å². The number of allylic oxidation sites excluding steroid dienone is 4. The van der Waals surface area contributed by atoms with Crippen LogP contribution in [0, 0.1) is 16.7 Å². The number of rotatable bonds is 7. The molecule has 0 aromatic heterocycles. The van der Waals surface area contributed by atoms with Crippen molar-refractivity contribution in [1.82, 2.24) is 5.32 Å². The summed E-state index contributed by atoms with van der Waals surface area (Å²) in [6, 6.07) is 17.6. The van der Waals surface area contributed by atoms with Crippen LogP contribution in [0.25, 0.3) is 16.7 Å². The Balaban J connectivity index is 1.71. The third-order valence-electron chi connectivity index (χ3n) is 7.01. The predicted molar refractivity (Wildman–Crippen MR) is 142 cm³/mol. The van der Waals surface area contributed by atoms with Gasteiger partial charge in [0.2, 0.25) is 6.41 Å². The molecule has 1 fully saturated rings. The average molecular weight is 470 g/mol. The number of hydrogen-bond acceptors (Lipinski definition) is 4. The summed E-state index contributed by atoms with van der Waals surface area (Å²) in [5.41, 5.74) is 6.55. The lowest BCUT2D eigenvalue weighted by Gasteiger charge is -2.37. The molecule has 1 saturated heterocycles. The van der Waals surface area contributed by atoms with Gasteiger partial charge in [0.05, 0.1) is 23.7 Å². The van der Waals surface area contributed by atoms with Gasteiger partial charge in [0, 0.05) is 25.3 Å². The van der Waals surface area contributed by atoms with Crippen LogP contribution in [0.15, 0.2) is 60.7 Å². The minimum atomic E-state index is -0.462. The molecule has 1 amide bonds. The van der Waals surface area contributed by atoms with Crippen molar-refractivity contribution in [2.24, 2.45) is 5.41 Å². The molecule has 1 aliphatic carbocycles. The molecule has 1 N–H and O–H groups in total. The van der Waals surface area contributed by atoms with Crippen molar-refractivity contribution in [2.75, 3.05) is 24.5 Å². The summed E-state index contributed by atoms with van der Waals surface area (Å²) in [6.45, 7) is 10.7. The van der Waals surface area contributed by atoms with Gasteiger partial charge in [-0.25, -0.2) is 0 Å². The Morgan fingerprint density at radius 3 is 2.46 bits per heavy atom. The normalized spacial score (nSPS) is 24.9. The highest BCUT2D eigenvalue weighted by Gasteiger charge is 2.25. The number of morpholine rings is 1. The fourth-order valence-electron chi connectivity index (χ4n) is 5.18. The number of carbonyl (C=O) groups excluding carboxylic acids is 1. The number of carbonyl (C=O) groups is 1. The summed E-state index contributed by atoms with van der Waals surface area (Å²) < 4.78 is 5.90. The Morgan fingerprint density at radius 1 is 1.17 bits per heavy atom. The summed E-state index contributed by atoms with van der Waals surface area (Å²) in [6.07, 6.45) is 8.11. The molecule has 182 valence electrons. The first kappa shape index (κ1) is 24.8. The van der Waals surface area contributed by atoms with Crippen LogP contribution >= 0.6 is 0 Å². The number of nitrogens with zero attached hydrogens (tertiary/aromatic N) is 2. The van der Waals surface area contributed by atoms with Gasteiger partial charge >= 0.3 is 0 Å². The number of ether oxygens (including phenoxy) is 1. The van der Waals surface area contributed by atoms with Crippen LogP contribution in [0.1, 0.15) is 51.2 Å². The highest BCUT2D eigenvalue weighted by molar-refractivity contribution is 5.83. The molecule has 0 bridgehead atoms. The zero-order chi connectivity index (χ0) is 25.0. The SMILES string of the molecule is CC1CN(c2ccc(-c3cccc(C4=CCC(C)(C#N)C=C4)c3C(C)CNC=O)cc2)CC(C)O1. The summed E-state index contributed by atoms with van der Waals surface area (Å²) in [7, 11) is 0. The van der Waals surface area contributed by atoms with E-state index in [-0.39, 0.29) is 18.1 Å². The molecule has 2 aliphatic rings. The van der Waals surface area contributed by atoms with Crippen LogP contribution in [0.4, 0.5) is 5.69 Å². The van der Waals surface area contributed by atoms with Crippen molar-refractivity contribution in [2.45, 2.75) is 52.2 Å². The molecular weight excluding hydrogens is 434 g/mol. The topological polar surface area (TPSA) is 65.4 Å². The third kappa shape index (κ3) is 5.49. The lowest BCUT2D eigenvalue weighted by atomic mass is 9.79. The predicted octanol–water partition coefficient (Wildman–Crippen LogP) is 5.69. The zero-order valence-corrected chi connectivity index (χ0v) is 21.1. The Kier molecular flexibility index (Phi) is 7.42. The van der Waals surface area contributed by atoms with E-state index in [9.17, 15) is 10.1 Å². The number of nitriles is 1. The molecule has 1 heterocycles. The molecule has 4 atom stereocenters. The second-order valence-electron chi connectivity index (χ2n) is 10.1. The van der Waals surface area contributed by atoms with E-state index in [1.165, 1.54) is 16.8 Å².